The van der Waals surface area contributed by atoms with E-state index >= 15 is 0 Å². The van der Waals surface area contributed by atoms with E-state index in [1.807, 2.05) is 31.3 Å². The molecule has 0 aliphatic carbocycles. The standard InChI is InChI=1S/C22H25N3O3/c1-3-28-19-10-9-18(15-20(19)27-2)22(26)24-12-11-21-23-13-14-25(21)16-17-7-5-4-6-8-17/h4-10,13-15H,3,11-12,16H2,1-2H3,(H,24,26). The van der Waals surface area contributed by atoms with Crippen molar-refractivity contribution in [2.45, 2.75) is 19.9 Å². The first-order valence-corrected chi connectivity index (χ1v) is 9.34. The molecular weight excluding hydrogens is 354 g/mol. The summed E-state index contributed by atoms with van der Waals surface area (Å²) in [5.41, 5.74) is 1.75. The molecule has 0 spiro atoms. The maximum Gasteiger partial charge on any atom is 0.251 e. The summed E-state index contributed by atoms with van der Waals surface area (Å²) in [6.45, 7) is 3.71. The molecule has 1 aromatic heterocycles. The van der Waals surface area contributed by atoms with Gasteiger partial charge in [-0.3, -0.25) is 4.79 Å². The quantitative estimate of drug-likeness (QED) is 0.619. The number of ether oxygens (including phenoxy) is 2. The number of nitrogens with one attached hydrogen (secondary N) is 1. The second-order valence-electron chi connectivity index (χ2n) is 6.26. The summed E-state index contributed by atoms with van der Waals surface area (Å²) in [4.78, 5) is 16.9. The third kappa shape index (κ3) is 4.91. The first kappa shape index (κ1) is 19.5. The molecule has 0 fully saturated rings. The zero-order valence-corrected chi connectivity index (χ0v) is 16.2. The van der Waals surface area contributed by atoms with Crippen LogP contribution in [0.1, 0.15) is 28.7 Å². The molecule has 3 rings (SSSR count). The summed E-state index contributed by atoms with van der Waals surface area (Å²) in [6.07, 6.45) is 4.40. The Morgan fingerprint density at radius 1 is 1.14 bits per heavy atom. The highest BCUT2D eigenvalue weighted by Crippen LogP contribution is 2.27. The van der Waals surface area contributed by atoms with E-state index in [9.17, 15) is 4.79 Å². The molecule has 6 heteroatoms. The summed E-state index contributed by atoms with van der Waals surface area (Å²) in [5, 5.41) is 2.94. The SMILES string of the molecule is CCOc1ccc(C(=O)NCCc2nccn2Cc2ccccc2)cc1OC. The fourth-order valence-corrected chi connectivity index (χ4v) is 2.97. The molecule has 0 radical (unpaired) electrons. The predicted molar refractivity (Wildman–Crippen MR) is 108 cm³/mol. The van der Waals surface area contributed by atoms with Gasteiger partial charge in [-0.1, -0.05) is 30.3 Å². The molecule has 28 heavy (non-hydrogen) atoms. The van der Waals surface area contributed by atoms with Crippen LogP contribution in [0.3, 0.4) is 0 Å². The Balaban J connectivity index is 1.57. The Hall–Kier alpha value is -3.28. The molecule has 2 aromatic carbocycles. The summed E-state index contributed by atoms with van der Waals surface area (Å²) in [7, 11) is 1.56. The molecule has 0 aliphatic rings. The Morgan fingerprint density at radius 3 is 2.71 bits per heavy atom. The van der Waals surface area contributed by atoms with Crippen LogP contribution in [-0.2, 0) is 13.0 Å². The van der Waals surface area contributed by atoms with E-state index in [4.69, 9.17) is 9.47 Å². The highest BCUT2D eigenvalue weighted by Gasteiger charge is 2.11. The highest BCUT2D eigenvalue weighted by atomic mass is 16.5. The van der Waals surface area contributed by atoms with Gasteiger partial charge in [-0.25, -0.2) is 4.98 Å². The maximum atomic E-state index is 12.5. The van der Waals surface area contributed by atoms with E-state index in [2.05, 4.69) is 27.0 Å². The van der Waals surface area contributed by atoms with Crippen molar-refractivity contribution < 1.29 is 14.3 Å². The van der Waals surface area contributed by atoms with Crippen LogP contribution in [0.4, 0.5) is 0 Å². The van der Waals surface area contributed by atoms with Crippen molar-refractivity contribution in [2.24, 2.45) is 0 Å². The van der Waals surface area contributed by atoms with Gasteiger partial charge in [0, 0.05) is 37.5 Å². The van der Waals surface area contributed by atoms with Crippen LogP contribution in [-0.4, -0.2) is 35.7 Å². The molecule has 0 saturated carbocycles. The van der Waals surface area contributed by atoms with Crippen LogP contribution < -0.4 is 14.8 Å². The Kier molecular flexibility index (Phi) is 6.68. The number of methoxy groups -OCH3 is 1. The number of carbonyl (C=O) groups excluding carboxylic acids is 1. The van der Waals surface area contributed by atoms with Crippen molar-refractivity contribution in [1.82, 2.24) is 14.9 Å². The summed E-state index contributed by atoms with van der Waals surface area (Å²) in [5.74, 6) is 1.97. The van der Waals surface area contributed by atoms with E-state index in [1.165, 1.54) is 5.56 Å². The van der Waals surface area contributed by atoms with Crippen LogP contribution in [0.25, 0.3) is 0 Å². The smallest absolute Gasteiger partial charge is 0.251 e. The van der Waals surface area contributed by atoms with E-state index in [1.54, 1.807) is 31.5 Å². The zero-order valence-electron chi connectivity index (χ0n) is 16.2. The van der Waals surface area contributed by atoms with E-state index in [0.29, 0.717) is 36.6 Å². The number of benzene rings is 2. The second kappa shape index (κ2) is 9.60. The summed E-state index contributed by atoms with van der Waals surface area (Å²) >= 11 is 0. The van der Waals surface area contributed by atoms with Crippen LogP contribution in [0, 0.1) is 0 Å². The Morgan fingerprint density at radius 2 is 1.96 bits per heavy atom. The number of aromatic nitrogens is 2. The second-order valence-corrected chi connectivity index (χ2v) is 6.26. The van der Waals surface area contributed by atoms with Crippen LogP contribution >= 0.6 is 0 Å². The molecule has 0 bridgehead atoms. The number of nitrogens with zero attached hydrogens (tertiary/aromatic N) is 2. The number of hydrogen-bond acceptors (Lipinski definition) is 4. The van der Waals surface area contributed by atoms with Gasteiger partial charge in [-0.15, -0.1) is 0 Å². The first-order chi connectivity index (χ1) is 13.7. The minimum Gasteiger partial charge on any atom is -0.493 e. The number of hydrogen-bond donors (Lipinski definition) is 1. The van der Waals surface area contributed by atoms with Crippen molar-refractivity contribution in [3.8, 4) is 11.5 Å². The Bertz CT molecular complexity index is 906. The molecule has 1 N–H and O–H groups in total. The molecule has 6 nitrogen and oxygen atoms in total. The predicted octanol–water partition coefficient (Wildman–Crippen LogP) is 3.31. The van der Waals surface area contributed by atoms with E-state index < -0.39 is 0 Å². The van der Waals surface area contributed by atoms with Gasteiger partial charge in [-0.05, 0) is 30.7 Å². The van der Waals surface area contributed by atoms with E-state index in [-0.39, 0.29) is 5.91 Å². The van der Waals surface area contributed by atoms with Gasteiger partial charge in [0.2, 0.25) is 0 Å². The molecule has 0 saturated heterocycles. The largest absolute Gasteiger partial charge is 0.493 e. The van der Waals surface area contributed by atoms with Gasteiger partial charge in [0.25, 0.3) is 5.91 Å². The first-order valence-electron chi connectivity index (χ1n) is 9.34. The average molecular weight is 379 g/mol. The van der Waals surface area contributed by atoms with Crippen molar-refractivity contribution in [3.05, 3.63) is 77.9 Å². The summed E-state index contributed by atoms with van der Waals surface area (Å²) in [6, 6.07) is 15.4. The minimum absolute atomic E-state index is 0.150. The van der Waals surface area contributed by atoms with Crippen LogP contribution in [0.2, 0.25) is 0 Å². The topological polar surface area (TPSA) is 65.4 Å². The lowest BCUT2D eigenvalue weighted by Gasteiger charge is -2.11. The molecule has 146 valence electrons. The minimum atomic E-state index is -0.150. The fourth-order valence-electron chi connectivity index (χ4n) is 2.97. The molecule has 1 heterocycles. The van der Waals surface area contributed by atoms with Crippen LogP contribution in [0.5, 0.6) is 11.5 Å². The molecule has 1 amide bonds. The molecular formula is C22H25N3O3. The number of imidazole rings is 1. The molecule has 3 aromatic rings. The maximum absolute atomic E-state index is 12.5. The third-order valence-electron chi connectivity index (χ3n) is 4.36. The monoisotopic (exact) mass is 379 g/mol. The molecule has 0 unspecified atom stereocenters. The zero-order chi connectivity index (χ0) is 19.8. The van der Waals surface area contributed by atoms with Crippen molar-refractivity contribution in [2.75, 3.05) is 20.3 Å². The van der Waals surface area contributed by atoms with E-state index in [0.717, 1.165) is 12.4 Å². The lowest BCUT2D eigenvalue weighted by Crippen LogP contribution is -2.26. The molecule has 0 atom stereocenters. The summed E-state index contributed by atoms with van der Waals surface area (Å²) < 4.78 is 12.9. The van der Waals surface area contributed by atoms with Crippen molar-refractivity contribution >= 4 is 5.91 Å². The van der Waals surface area contributed by atoms with Crippen molar-refractivity contribution in [1.29, 1.82) is 0 Å². The van der Waals surface area contributed by atoms with Gasteiger partial charge < -0.3 is 19.4 Å². The number of rotatable bonds is 9. The Labute approximate surface area is 165 Å². The third-order valence-corrected chi connectivity index (χ3v) is 4.36. The average Bonchev–Trinajstić information content (AvgIpc) is 3.16. The van der Waals surface area contributed by atoms with Gasteiger partial charge in [0.1, 0.15) is 5.82 Å². The van der Waals surface area contributed by atoms with Crippen LogP contribution in [0.15, 0.2) is 60.9 Å². The van der Waals surface area contributed by atoms with Gasteiger partial charge in [0.15, 0.2) is 11.5 Å². The normalized spacial score (nSPS) is 10.5. The fraction of sp³-hybridized carbons (Fsp3) is 0.273. The lowest BCUT2D eigenvalue weighted by atomic mass is 10.2. The van der Waals surface area contributed by atoms with Gasteiger partial charge in [-0.2, -0.15) is 0 Å². The molecule has 0 aliphatic heterocycles. The highest BCUT2D eigenvalue weighted by molar-refractivity contribution is 5.94. The number of carbonyl (C=O) groups is 1. The van der Waals surface area contributed by atoms with Crippen molar-refractivity contribution in [3.63, 3.8) is 0 Å². The number of amides is 1. The lowest BCUT2D eigenvalue weighted by molar-refractivity contribution is 0.0953. The van der Waals surface area contributed by atoms with Gasteiger partial charge in [0.05, 0.1) is 13.7 Å². The van der Waals surface area contributed by atoms with Gasteiger partial charge >= 0.3 is 0 Å².